The molecule has 0 atom stereocenters. The summed E-state index contributed by atoms with van der Waals surface area (Å²) in [6, 6.07) is 5.20. The van der Waals surface area contributed by atoms with Gasteiger partial charge in [-0.3, -0.25) is 9.36 Å². The lowest BCUT2D eigenvalue weighted by atomic mass is 9.79. The van der Waals surface area contributed by atoms with E-state index in [1.807, 2.05) is 6.07 Å². The standard InChI is InChI=1S/C25H35F2N3O3/c1-16-8-10-25(32,11-9-16)15-28-22(31)19-14-30(17(2)29-19)20-7-6-18(13-24(3,4)5)12-21(20)33-23(26)27/h6-7,12,14,16,23,32H,8-11,13,15H2,1-5H3,(H,28,31). The van der Waals surface area contributed by atoms with Gasteiger partial charge in [0.15, 0.2) is 0 Å². The van der Waals surface area contributed by atoms with Gasteiger partial charge in [0.25, 0.3) is 5.91 Å². The van der Waals surface area contributed by atoms with Crippen molar-refractivity contribution in [3.63, 3.8) is 0 Å². The highest BCUT2D eigenvalue weighted by molar-refractivity contribution is 5.92. The van der Waals surface area contributed by atoms with Gasteiger partial charge in [0.1, 0.15) is 17.3 Å². The fraction of sp³-hybridized carbons (Fsp3) is 0.600. The van der Waals surface area contributed by atoms with Crippen LogP contribution in [-0.2, 0) is 6.42 Å². The fourth-order valence-corrected chi connectivity index (χ4v) is 4.31. The van der Waals surface area contributed by atoms with E-state index >= 15 is 0 Å². The van der Waals surface area contributed by atoms with Crippen molar-refractivity contribution in [1.82, 2.24) is 14.9 Å². The molecule has 8 heteroatoms. The predicted molar refractivity (Wildman–Crippen MR) is 123 cm³/mol. The van der Waals surface area contributed by atoms with Crippen LogP contribution in [-0.4, -0.2) is 39.3 Å². The Bertz CT molecular complexity index is 974. The summed E-state index contributed by atoms with van der Waals surface area (Å²) in [4.78, 5) is 17.0. The summed E-state index contributed by atoms with van der Waals surface area (Å²) >= 11 is 0. The van der Waals surface area contributed by atoms with Crippen LogP contribution in [0.2, 0.25) is 0 Å². The van der Waals surface area contributed by atoms with Gasteiger partial charge in [0.2, 0.25) is 0 Å². The van der Waals surface area contributed by atoms with E-state index in [0.29, 0.717) is 36.7 Å². The van der Waals surface area contributed by atoms with Gasteiger partial charge in [-0.2, -0.15) is 8.78 Å². The number of alkyl halides is 2. The van der Waals surface area contributed by atoms with Gasteiger partial charge >= 0.3 is 6.61 Å². The van der Waals surface area contributed by atoms with Crippen molar-refractivity contribution in [2.24, 2.45) is 11.3 Å². The molecule has 0 unspecified atom stereocenters. The molecule has 33 heavy (non-hydrogen) atoms. The first kappa shape index (κ1) is 25.1. The highest BCUT2D eigenvalue weighted by atomic mass is 19.3. The molecule has 0 saturated heterocycles. The van der Waals surface area contributed by atoms with Crippen molar-refractivity contribution >= 4 is 5.91 Å². The molecule has 0 spiro atoms. The van der Waals surface area contributed by atoms with Gasteiger partial charge in [-0.1, -0.05) is 33.8 Å². The largest absolute Gasteiger partial charge is 0.433 e. The maximum atomic E-state index is 13.1. The van der Waals surface area contributed by atoms with E-state index in [1.165, 1.54) is 6.20 Å². The summed E-state index contributed by atoms with van der Waals surface area (Å²) < 4.78 is 32.6. The topological polar surface area (TPSA) is 76.4 Å². The molecule has 2 aromatic rings. The fourth-order valence-electron chi connectivity index (χ4n) is 4.31. The Kier molecular flexibility index (Phi) is 7.46. The number of nitrogens with zero attached hydrogens (tertiary/aromatic N) is 2. The number of carbonyl (C=O) groups excluding carboxylic acids is 1. The van der Waals surface area contributed by atoms with Crippen LogP contribution in [0.1, 0.15) is 75.3 Å². The van der Waals surface area contributed by atoms with E-state index in [1.54, 1.807) is 23.6 Å². The summed E-state index contributed by atoms with van der Waals surface area (Å²) in [7, 11) is 0. The van der Waals surface area contributed by atoms with Gasteiger partial charge in [-0.25, -0.2) is 4.98 Å². The summed E-state index contributed by atoms with van der Waals surface area (Å²) in [6.07, 6.45) is 5.37. The van der Waals surface area contributed by atoms with Crippen LogP contribution < -0.4 is 10.1 Å². The minimum absolute atomic E-state index is 0.0137. The second-order valence-corrected chi connectivity index (χ2v) is 10.6. The molecule has 1 saturated carbocycles. The molecule has 182 valence electrons. The average molecular weight is 464 g/mol. The summed E-state index contributed by atoms with van der Waals surface area (Å²) in [6.45, 7) is 7.26. The number of hydrogen-bond donors (Lipinski definition) is 2. The van der Waals surface area contributed by atoms with Gasteiger partial charge in [0, 0.05) is 12.7 Å². The molecule has 2 N–H and O–H groups in total. The normalized spacial score (nSPS) is 21.3. The Balaban J connectivity index is 1.80. The second-order valence-electron chi connectivity index (χ2n) is 10.6. The molecule has 1 aromatic heterocycles. The molecular weight excluding hydrogens is 428 g/mol. The van der Waals surface area contributed by atoms with E-state index in [4.69, 9.17) is 4.74 Å². The molecule has 0 radical (unpaired) electrons. The van der Waals surface area contributed by atoms with E-state index in [2.05, 4.69) is 38.0 Å². The highest BCUT2D eigenvalue weighted by Crippen LogP contribution is 2.32. The van der Waals surface area contributed by atoms with Crippen LogP contribution in [0.25, 0.3) is 5.69 Å². The zero-order valence-electron chi connectivity index (χ0n) is 20.1. The molecule has 0 aliphatic heterocycles. The van der Waals surface area contributed by atoms with Crippen LogP contribution in [0.15, 0.2) is 24.4 Å². The second kappa shape index (κ2) is 9.79. The number of ether oxygens (including phenoxy) is 1. The quantitative estimate of drug-likeness (QED) is 0.603. The van der Waals surface area contributed by atoms with Gasteiger partial charge in [-0.15, -0.1) is 0 Å². The predicted octanol–water partition coefficient (Wildman–Crippen LogP) is 5.04. The smallest absolute Gasteiger partial charge is 0.387 e. The first-order chi connectivity index (χ1) is 15.3. The third-order valence-corrected chi connectivity index (χ3v) is 6.13. The van der Waals surface area contributed by atoms with E-state index in [0.717, 1.165) is 18.4 Å². The Morgan fingerprint density at radius 3 is 2.61 bits per heavy atom. The molecule has 1 heterocycles. The van der Waals surface area contributed by atoms with Gasteiger partial charge in [0.05, 0.1) is 11.3 Å². The molecular formula is C25H35F2N3O3. The van der Waals surface area contributed by atoms with Crippen molar-refractivity contribution in [1.29, 1.82) is 0 Å². The van der Waals surface area contributed by atoms with Crippen LogP contribution in [0.3, 0.4) is 0 Å². The van der Waals surface area contributed by atoms with E-state index in [9.17, 15) is 18.7 Å². The molecule has 1 fully saturated rings. The lowest BCUT2D eigenvalue weighted by Gasteiger charge is -2.34. The Labute approximate surface area is 194 Å². The van der Waals surface area contributed by atoms with E-state index < -0.39 is 18.1 Å². The number of imidazole rings is 1. The average Bonchev–Trinajstić information content (AvgIpc) is 3.09. The third kappa shape index (κ3) is 6.76. The number of aromatic nitrogens is 2. The zero-order valence-corrected chi connectivity index (χ0v) is 20.1. The molecule has 1 aliphatic rings. The Hall–Kier alpha value is -2.48. The zero-order chi connectivity index (χ0) is 24.4. The van der Waals surface area contributed by atoms with Crippen molar-refractivity contribution in [3.05, 3.63) is 41.5 Å². The number of aliphatic hydroxyl groups is 1. The van der Waals surface area contributed by atoms with Crippen molar-refractivity contribution < 1.29 is 23.4 Å². The lowest BCUT2D eigenvalue weighted by molar-refractivity contribution is -0.0499. The maximum absolute atomic E-state index is 13.1. The number of benzene rings is 1. The molecule has 6 nitrogen and oxygen atoms in total. The van der Waals surface area contributed by atoms with Crippen LogP contribution in [0.4, 0.5) is 8.78 Å². The van der Waals surface area contributed by atoms with Crippen molar-refractivity contribution in [3.8, 4) is 11.4 Å². The van der Waals surface area contributed by atoms with Crippen molar-refractivity contribution in [2.75, 3.05) is 6.54 Å². The minimum Gasteiger partial charge on any atom is -0.433 e. The molecule has 1 aromatic carbocycles. The lowest BCUT2D eigenvalue weighted by Crippen LogP contribution is -2.45. The minimum atomic E-state index is -2.97. The van der Waals surface area contributed by atoms with Crippen LogP contribution in [0.5, 0.6) is 5.75 Å². The van der Waals surface area contributed by atoms with Crippen LogP contribution in [0, 0.1) is 18.3 Å². The molecule has 0 bridgehead atoms. The summed E-state index contributed by atoms with van der Waals surface area (Å²) in [5.41, 5.74) is 0.507. The van der Waals surface area contributed by atoms with Crippen molar-refractivity contribution in [2.45, 2.75) is 78.9 Å². The van der Waals surface area contributed by atoms with Crippen LogP contribution >= 0.6 is 0 Å². The first-order valence-electron chi connectivity index (χ1n) is 11.5. The van der Waals surface area contributed by atoms with E-state index in [-0.39, 0.29) is 23.4 Å². The molecule has 3 rings (SSSR count). The number of rotatable bonds is 7. The monoisotopic (exact) mass is 463 g/mol. The first-order valence-corrected chi connectivity index (χ1v) is 11.5. The third-order valence-electron chi connectivity index (χ3n) is 6.13. The Morgan fingerprint density at radius 2 is 2.00 bits per heavy atom. The number of hydrogen-bond acceptors (Lipinski definition) is 4. The van der Waals surface area contributed by atoms with Gasteiger partial charge < -0.3 is 15.2 Å². The highest BCUT2D eigenvalue weighted by Gasteiger charge is 2.32. The number of carbonyl (C=O) groups is 1. The number of aryl methyl sites for hydroxylation is 1. The maximum Gasteiger partial charge on any atom is 0.387 e. The number of amides is 1. The Morgan fingerprint density at radius 1 is 1.33 bits per heavy atom. The van der Waals surface area contributed by atoms with Gasteiger partial charge in [-0.05, 0) is 68.1 Å². The number of nitrogens with one attached hydrogen (secondary N) is 1. The number of halogens is 2. The molecule has 1 aliphatic carbocycles. The summed E-state index contributed by atoms with van der Waals surface area (Å²) in [5.74, 6) is 0.668. The SMILES string of the molecule is Cc1nc(C(=O)NCC2(O)CCC(C)CC2)cn1-c1ccc(CC(C)(C)C)cc1OC(F)F. The summed E-state index contributed by atoms with van der Waals surface area (Å²) in [5, 5.41) is 13.5. The molecule has 1 amide bonds.